The molecule has 20 heavy (non-hydrogen) atoms. The Hall–Kier alpha value is -2.06. The fraction of sp³-hybridized carbons (Fsp3) is 0.118. The molecule has 0 spiro atoms. The Morgan fingerprint density at radius 3 is 2.60 bits per heavy atom. The number of halogens is 1. The van der Waals surface area contributed by atoms with Gasteiger partial charge in [0.2, 0.25) is 0 Å². The Morgan fingerprint density at radius 2 is 1.75 bits per heavy atom. The van der Waals surface area contributed by atoms with Crippen LogP contribution in [-0.4, -0.2) is 4.98 Å². The van der Waals surface area contributed by atoms with Gasteiger partial charge < -0.3 is 4.74 Å². The van der Waals surface area contributed by atoms with E-state index in [-0.39, 0.29) is 0 Å². The van der Waals surface area contributed by atoms with Crippen LogP contribution in [0.2, 0.25) is 5.02 Å². The van der Waals surface area contributed by atoms with Gasteiger partial charge in [0.15, 0.2) is 0 Å². The first-order valence-electron chi connectivity index (χ1n) is 6.44. The largest absolute Gasteiger partial charge is 0.456 e. The lowest BCUT2D eigenvalue weighted by Gasteiger charge is -2.12. The number of ether oxygens (including phenoxy) is 1. The van der Waals surface area contributed by atoms with E-state index >= 15 is 0 Å². The zero-order valence-electron chi connectivity index (χ0n) is 11.4. The molecule has 0 atom stereocenters. The van der Waals surface area contributed by atoms with Gasteiger partial charge in [-0.1, -0.05) is 29.8 Å². The fourth-order valence-electron chi connectivity index (χ4n) is 2.16. The van der Waals surface area contributed by atoms with Crippen LogP contribution in [-0.2, 0) is 0 Å². The Balaban J connectivity index is 2.12. The fourth-order valence-corrected chi connectivity index (χ4v) is 2.38. The second kappa shape index (κ2) is 5.14. The minimum atomic E-state index is 0.633. The van der Waals surface area contributed by atoms with Crippen molar-refractivity contribution in [3.05, 3.63) is 64.8 Å². The van der Waals surface area contributed by atoms with Crippen molar-refractivity contribution < 1.29 is 4.74 Å². The number of nitrogens with zero attached hydrogens (tertiary/aromatic N) is 1. The van der Waals surface area contributed by atoms with Crippen LogP contribution in [0, 0.1) is 13.8 Å². The van der Waals surface area contributed by atoms with Gasteiger partial charge in [-0.05, 0) is 49.2 Å². The van der Waals surface area contributed by atoms with Gasteiger partial charge in [-0.2, -0.15) is 0 Å². The van der Waals surface area contributed by atoms with Crippen molar-refractivity contribution in [1.82, 2.24) is 4.98 Å². The number of hydrogen-bond donors (Lipinski definition) is 0. The molecule has 2 nitrogen and oxygen atoms in total. The van der Waals surface area contributed by atoms with E-state index in [4.69, 9.17) is 16.3 Å². The number of aromatic nitrogens is 1. The number of rotatable bonds is 2. The third-order valence-corrected chi connectivity index (χ3v) is 3.76. The van der Waals surface area contributed by atoms with Gasteiger partial charge in [-0.15, -0.1) is 0 Å². The third-order valence-electron chi connectivity index (χ3n) is 3.46. The lowest BCUT2D eigenvalue weighted by molar-refractivity contribution is 0.483. The van der Waals surface area contributed by atoms with Gasteiger partial charge in [0.1, 0.15) is 11.5 Å². The number of hydrogen-bond acceptors (Lipinski definition) is 2. The molecular weight excluding hydrogens is 270 g/mol. The number of para-hydroxylation sites is 1. The molecule has 0 bridgehead atoms. The van der Waals surface area contributed by atoms with E-state index in [1.54, 1.807) is 6.20 Å². The van der Waals surface area contributed by atoms with Crippen LogP contribution >= 0.6 is 11.6 Å². The predicted octanol–water partition coefficient (Wildman–Crippen LogP) is 5.30. The maximum Gasteiger partial charge on any atom is 0.138 e. The van der Waals surface area contributed by atoms with Crippen LogP contribution in [0.15, 0.2) is 48.7 Å². The quantitative estimate of drug-likeness (QED) is 0.637. The lowest BCUT2D eigenvalue weighted by atomic mass is 10.1. The van der Waals surface area contributed by atoms with Crippen LogP contribution in [0.1, 0.15) is 11.1 Å². The molecule has 0 saturated heterocycles. The van der Waals surface area contributed by atoms with Crippen LogP contribution in [0.5, 0.6) is 11.5 Å². The average molecular weight is 284 g/mol. The number of pyridine rings is 1. The Labute approximate surface area is 123 Å². The van der Waals surface area contributed by atoms with E-state index in [0.29, 0.717) is 5.02 Å². The molecule has 0 aliphatic heterocycles. The normalized spacial score (nSPS) is 10.8. The second-order valence-corrected chi connectivity index (χ2v) is 5.15. The van der Waals surface area contributed by atoms with Crippen LogP contribution < -0.4 is 4.74 Å². The Bertz CT molecular complexity index is 783. The molecule has 0 amide bonds. The van der Waals surface area contributed by atoms with Gasteiger partial charge in [0.25, 0.3) is 0 Å². The summed E-state index contributed by atoms with van der Waals surface area (Å²) in [5.74, 6) is 1.63. The molecule has 3 heteroatoms. The van der Waals surface area contributed by atoms with E-state index in [0.717, 1.165) is 28.0 Å². The van der Waals surface area contributed by atoms with Crippen molar-refractivity contribution in [2.45, 2.75) is 13.8 Å². The van der Waals surface area contributed by atoms with Crippen molar-refractivity contribution >= 4 is 22.5 Å². The summed E-state index contributed by atoms with van der Waals surface area (Å²) in [5, 5.41) is 1.55. The van der Waals surface area contributed by atoms with Crippen LogP contribution in [0.3, 0.4) is 0 Å². The van der Waals surface area contributed by atoms with Gasteiger partial charge in [0, 0.05) is 11.6 Å². The minimum Gasteiger partial charge on any atom is -0.456 e. The third kappa shape index (κ3) is 2.23. The zero-order chi connectivity index (χ0) is 14.1. The summed E-state index contributed by atoms with van der Waals surface area (Å²) in [6, 6.07) is 13.6. The molecule has 0 aliphatic carbocycles. The highest BCUT2D eigenvalue weighted by Crippen LogP contribution is 2.33. The molecule has 0 aliphatic rings. The topological polar surface area (TPSA) is 22.1 Å². The van der Waals surface area contributed by atoms with Crippen molar-refractivity contribution in [3.8, 4) is 11.5 Å². The summed E-state index contributed by atoms with van der Waals surface area (Å²) in [6.07, 6.45) is 1.72. The summed E-state index contributed by atoms with van der Waals surface area (Å²) in [7, 11) is 0. The molecule has 0 fully saturated rings. The maximum absolute atomic E-state index is 6.17. The van der Waals surface area contributed by atoms with Crippen molar-refractivity contribution in [2.75, 3.05) is 0 Å². The molecule has 0 N–H and O–H groups in total. The molecular formula is C17H14ClNO. The summed E-state index contributed by atoms with van der Waals surface area (Å²) in [6.45, 7) is 4.13. The van der Waals surface area contributed by atoms with E-state index in [9.17, 15) is 0 Å². The van der Waals surface area contributed by atoms with Gasteiger partial charge in [-0.3, -0.25) is 4.98 Å². The van der Waals surface area contributed by atoms with E-state index in [1.165, 1.54) is 5.56 Å². The van der Waals surface area contributed by atoms with Crippen LogP contribution in [0.25, 0.3) is 10.9 Å². The highest BCUT2D eigenvalue weighted by atomic mass is 35.5. The SMILES string of the molecule is Cc1cccc(Oc2ccnc3c(Cl)cccc23)c1C. The smallest absolute Gasteiger partial charge is 0.138 e. The first kappa shape index (κ1) is 12.9. The molecule has 3 aromatic rings. The standard InChI is InChI=1S/C17H14ClNO/c1-11-5-3-8-15(12(11)2)20-16-9-10-19-17-13(16)6-4-7-14(17)18/h3-10H,1-2H3. The highest BCUT2D eigenvalue weighted by molar-refractivity contribution is 6.35. The van der Waals surface area contributed by atoms with E-state index in [2.05, 4.69) is 24.9 Å². The molecule has 2 aromatic carbocycles. The number of aryl methyl sites for hydroxylation is 1. The number of fused-ring (bicyclic) bond motifs is 1. The zero-order valence-corrected chi connectivity index (χ0v) is 12.1. The minimum absolute atomic E-state index is 0.633. The average Bonchev–Trinajstić information content (AvgIpc) is 2.45. The molecule has 0 saturated carbocycles. The Kier molecular flexibility index (Phi) is 3.33. The summed E-state index contributed by atoms with van der Waals surface area (Å²) >= 11 is 6.17. The van der Waals surface area contributed by atoms with Gasteiger partial charge >= 0.3 is 0 Å². The summed E-state index contributed by atoms with van der Waals surface area (Å²) in [5.41, 5.74) is 3.11. The first-order valence-corrected chi connectivity index (χ1v) is 6.82. The van der Waals surface area contributed by atoms with Crippen LogP contribution in [0.4, 0.5) is 0 Å². The molecule has 1 heterocycles. The summed E-state index contributed by atoms with van der Waals surface area (Å²) in [4.78, 5) is 4.31. The van der Waals surface area contributed by atoms with Crippen molar-refractivity contribution in [3.63, 3.8) is 0 Å². The van der Waals surface area contributed by atoms with Crippen molar-refractivity contribution in [2.24, 2.45) is 0 Å². The second-order valence-electron chi connectivity index (χ2n) is 4.75. The van der Waals surface area contributed by atoms with Gasteiger partial charge in [-0.25, -0.2) is 0 Å². The van der Waals surface area contributed by atoms with Crippen molar-refractivity contribution in [1.29, 1.82) is 0 Å². The van der Waals surface area contributed by atoms with Gasteiger partial charge in [0.05, 0.1) is 10.5 Å². The first-order chi connectivity index (χ1) is 9.66. The lowest BCUT2D eigenvalue weighted by Crippen LogP contribution is -1.91. The monoisotopic (exact) mass is 283 g/mol. The molecule has 0 radical (unpaired) electrons. The Morgan fingerprint density at radius 1 is 0.950 bits per heavy atom. The molecule has 100 valence electrons. The highest BCUT2D eigenvalue weighted by Gasteiger charge is 2.08. The number of benzene rings is 2. The van der Waals surface area contributed by atoms with E-state index in [1.807, 2.05) is 36.4 Å². The predicted molar refractivity (Wildman–Crippen MR) is 82.7 cm³/mol. The maximum atomic E-state index is 6.17. The molecule has 1 aromatic heterocycles. The van der Waals surface area contributed by atoms with E-state index < -0.39 is 0 Å². The summed E-state index contributed by atoms with van der Waals surface area (Å²) < 4.78 is 6.06. The molecule has 0 unspecified atom stereocenters. The molecule has 3 rings (SSSR count).